The second-order valence-corrected chi connectivity index (χ2v) is 17.9. The number of fused-ring (bicyclic) bond motifs is 12. The second kappa shape index (κ2) is 14.2. The Morgan fingerprint density at radius 3 is 1.42 bits per heavy atom. The van der Waals surface area contributed by atoms with Crippen molar-refractivity contribution in [1.82, 2.24) is 19.5 Å². The van der Waals surface area contributed by atoms with Crippen molar-refractivity contribution in [2.45, 2.75) is 24.7 Å². The third-order valence-electron chi connectivity index (χ3n) is 14.1. The summed E-state index contributed by atoms with van der Waals surface area (Å²) in [6, 6.07) is 78.9. The van der Waals surface area contributed by atoms with E-state index in [2.05, 4.69) is 231 Å². The maximum absolute atomic E-state index is 5.36. The minimum atomic E-state index is -0.476. The highest BCUT2D eigenvalue weighted by molar-refractivity contribution is 6.09. The molecule has 2 aliphatic carbocycles. The van der Waals surface area contributed by atoms with E-state index in [4.69, 9.17) is 15.0 Å². The van der Waals surface area contributed by atoms with E-state index in [1.165, 1.54) is 60.8 Å². The molecule has 306 valence electrons. The summed E-state index contributed by atoms with van der Waals surface area (Å²) in [5.74, 6) is 1.88. The molecule has 0 saturated carbocycles. The van der Waals surface area contributed by atoms with Crippen molar-refractivity contribution in [1.29, 1.82) is 0 Å². The molecule has 0 saturated heterocycles. The molecule has 11 aromatic rings. The van der Waals surface area contributed by atoms with E-state index in [0.717, 1.165) is 39.0 Å². The molecule has 0 radical (unpaired) electrons. The monoisotopic (exact) mass is 830 g/mol. The van der Waals surface area contributed by atoms with Gasteiger partial charge in [0.15, 0.2) is 17.5 Å². The van der Waals surface area contributed by atoms with E-state index in [9.17, 15) is 0 Å². The molecule has 2 aromatic heterocycles. The molecule has 13 rings (SSSR count). The highest BCUT2D eigenvalue weighted by atomic mass is 15.0. The quantitative estimate of drug-likeness (QED) is 0.174. The summed E-state index contributed by atoms with van der Waals surface area (Å²) in [7, 11) is 0. The van der Waals surface area contributed by atoms with Crippen LogP contribution in [0.3, 0.4) is 0 Å². The third kappa shape index (κ3) is 5.47. The van der Waals surface area contributed by atoms with Crippen LogP contribution in [0.1, 0.15) is 47.2 Å². The number of para-hydroxylation sites is 2. The van der Waals surface area contributed by atoms with Gasteiger partial charge >= 0.3 is 0 Å². The zero-order valence-electron chi connectivity index (χ0n) is 36.1. The molecule has 0 aliphatic heterocycles. The Labute approximate surface area is 378 Å². The average Bonchev–Trinajstić information content (AvgIpc) is 3.87. The first-order chi connectivity index (χ1) is 32.0. The van der Waals surface area contributed by atoms with Crippen LogP contribution >= 0.6 is 0 Å². The Morgan fingerprint density at radius 1 is 0.323 bits per heavy atom. The normalized spacial score (nSPS) is 13.9. The Hall–Kier alpha value is -8.21. The standard InChI is InChI=1S/C61H42N4/c1-60(2)51-25-10-12-27-53(51)61(54-28-13-11-26-52(54)60)49-24-9-6-21-45(49)48-38-43(35-36-50(48)61)59-63-57(41-33-31-40(32-34-41)39-17-4-3-5-18-39)62-58(64-59)42-19-16-20-44(37-42)65-55-29-14-7-22-46(55)47-23-8-15-30-56(47)65/h3-38H,1-2H3. The maximum Gasteiger partial charge on any atom is 0.164 e. The first kappa shape index (κ1) is 37.4. The molecule has 0 unspecified atom stereocenters. The lowest BCUT2D eigenvalue weighted by molar-refractivity contribution is 0.563. The van der Waals surface area contributed by atoms with Gasteiger partial charge in [-0.05, 0) is 86.0 Å². The highest BCUT2D eigenvalue weighted by Crippen LogP contribution is 2.62. The predicted molar refractivity (Wildman–Crippen MR) is 265 cm³/mol. The van der Waals surface area contributed by atoms with Crippen LogP contribution in [0.5, 0.6) is 0 Å². The lowest BCUT2D eigenvalue weighted by atomic mass is 9.55. The van der Waals surface area contributed by atoms with Gasteiger partial charge < -0.3 is 4.57 Å². The van der Waals surface area contributed by atoms with Crippen molar-refractivity contribution < 1.29 is 0 Å². The van der Waals surface area contributed by atoms with Crippen LogP contribution < -0.4 is 0 Å². The second-order valence-electron chi connectivity index (χ2n) is 17.9. The molecule has 9 aromatic carbocycles. The van der Waals surface area contributed by atoms with Gasteiger partial charge in [0.25, 0.3) is 0 Å². The van der Waals surface area contributed by atoms with Gasteiger partial charge in [-0.15, -0.1) is 0 Å². The minimum Gasteiger partial charge on any atom is -0.309 e. The molecule has 4 heteroatoms. The van der Waals surface area contributed by atoms with Gasteiger partial charge in [-0.25, -0.2) is 15.0 Å². The fraction of sp³-hybridized carbons (Fsp3) is 0.0656. The Balaban J connectivity index is 1.01. The van der Waals surface area contributed by atoms with Crippen molar-refractivity contribution in [3.63, 3.8) is 0 Å². The van der Waals surface area contributed by atoms with Gasteiger partial charge in [0.05, 0.1) is 16.4 Å². The van der Waals surface area contributed by atoms with E-state index in [0.29, 0.717) is 17.5 Å². The third-order valence-corrected chi connectivity index (χ3v) is 14.1. The topological polar surface area (TPSA) is 43.6 Å². The Kier molecular flexibility index (Phi) is 8.13. The maximum atomic E-state index is 5.36. The van der Waals surface area contributed by atoms with Gasteiger partial charge in [-0.2, -0.15) is 0 Å². The van der Waals surface area contributed by atoms with Crippen LogP contribution in [0.2, 0.25) is 0 Å². The number of aromatic nitrogens is 4. The van der Waals surface area contributed by atoms with Crippen LogP contribution in [0, 0.1) is 0 Å². The van der Waals surface area contributed by atoms with Gasteiger partial charge in [0.1, 0.15) is 0 Å². The predicted octanol–water partition coefficient (Wildman–Crippen LogP) is 14.6. The first-order valence-corrected chi connectivity index (χ1v) is 22.4. The SMILES string of the molecule is CC1(C)c2ccccc2C2(c3ccccc3-c3cc(-c4nc(-c5ccc(-c6ccccc6)cc5)nc(-c5cccc(-n6c7ccccc7c7ccccc76)c5)n4)ccc32)c2ccccc21. The molecule has 2 heterocycles. The van der Waals surface area contributed by atoms with Crippen LogP contribution in [-0.2, 0) is 10.8 Å². The van der Waals surface area contributed by atoms with E-state index in [1.807, 2.05) is 6.07 Å². The smallest absolute Gasteiger partial charge is 0.164 e. The molecule has 0 N–H and O–H groups in total. The summed E-state index contributed by atoms with van der Waals surface area (Å²) in [5, 5.41) is 2.45. The Morgan fingerprint density at radius 2 is 0.769 bits per heavy atom. The number of hydrogen-bond donors (Lipinski definition) is 0. The zero-order valence-corrected chi connectivity index (χ0v) is 36.1. The van der Waals surface area contributed by atoms with Crippen LogP contribution in [0.15, 0.2) is 218 Å². The van der Waals surface area contributed by atoms with Crippen molar-refractivity contribution in [2.75, 3.05) is 0 Å². The van der Waals surface area contributed by atoms with Crippen LogP contribution in [0.4, 0.5) is 0 Å². The minimum absolute atomic E-state index is 0.161. The first-order valence-electron chi connectivity index (χ1n) is 22.4. The number of benzene rings is 9. The average molecular weight is 831 g/mol. The lowest BCUT2D eigenvalue weighted by Gasteiger charge is -2.46. The molecular formula is C61H42N4. The fourth-order valence-electron chi connectivity index (χ4n) is 11.2. The summed E-state index contributed by atoms with van der Waals surface area (Å²) in [6.07, 6.45) is 0. The summed E-state index contributed by atoms with van der Waals surface area (Å²) in [5.41, 5.74) is 18.2. The molecule has 65 heavy (non-hydrogen) atoms. The molecule has 0 amide bonds. The van der Waals surface area contributed by atoms with Crippen molar-refractivity contribution in [3.05, 3.63) is 252 Å². The molecule has 0 fully saturated rings. The fourth-order valence-corrected chi connectivity index (χ4v) is 11.2. The van der Waals surface area contributed by atoms with Gasteiger partial charge in [-0.3, -0.25) is 0 Å². The highest BCUT2D eigenvalue weighted by Gasteiger charge is 2.53. The number of hydrogen-bond acceptors (Lipinski definition) is 3. The van der Waals surface area contributed by atoms with Crippen molar-refractivity contribution >= 4 is 21.8 Å². The van der Waals surface area contributed by atoms with E-state index >= 15 is 0 Å². The number of rotatable bonds is 5. The number of nitrogens with zero attached hydrogens (tertiary/aromatic N) is 4. The van der Waals surface area contributed by atoms with Gasteiger partial charge in [0, 0.05) is 38.6 Å². The summed E-state index contributed by atoms with van der Waals surface area (Å²) in [4.78, 5) is 15.9. The van der Waals surface area contributed by atoms with Gasteiger partial charge in [0.2, 0.25) is 0 Å². The van der Waals surface area contributed by atoms with Crippen LogP contribution in [0.25, 0.3) is 83.9 Å². The van der Waals surface area contributed by atoms with E-state index in [1.54, 1.807) is 0 Å². The van der Waals surface area contributed by atoms with E-state index < -0.39 is 5.41 Å². The molecule has 1 spiro atoms. The molecule has 0 bridgehead atoms. The van der Waals surface area contributed by atoms with Crippen molar-refractivity contribution in [3.8, 4) is 62.1 Å². The molecular weight excluding hydrogens is 789 g/mol. The van der Waals surface area contributed by atoms with Crippen molar-refractivity contribution in [2.24, 2.45) is 0 Å². The molecule has 0 atom stereocenters. The summed E-state index contributed by atoms with van der Waals surface area (Å²) < 4.78 is 2.34. The largest absolute Gasteiger partial charge is 0.309 e. The zero-order chi connectivity index (χ0) is 43.3. The Bertz CT molecular complexity index is 3590. The molecule has 4 nitrogen and oxygen atoms in total. The van der Waals surface area contributed by atoms with E-state index in [-0.39, 0.29) is 5.41 Å². The molecule has 2 aliphatic rings. The van der Waals surface area contributed by atoms with Crippen LogP contribution in [-0.4, -0.2) is 19.5 Å². The summed E-state index contributed by atoms with van der Waals surface area (Å²) >= 11 is 0. The van der Waals surface area contributed by atoms with Gasteiger partial charge in [-0.1, -0.05) is 202 Å². The summed E-state index contributed by atoms with van der Waals surface area (Å²) in [6.45, 7) is 4.73. The lowest BCUT2D eigenvalue weighted by Crippen LogP contribution is -2.40.